The topological polar surface area (TPSA) is 68.4 Å². The van der Waals surface area contributed by atoms with Gasteiger partial charge in [0.15, 0.2) is 0 Å². The molecule has 0 bridgehead atoms. The van der Waals surface area contributed by atoms with Gasteiger partial charge in [-0.1, -0.05) is 31.2 Å². The highest BCUT2D eigenvalue weighted by Crippen LogP contribution is 2.30. The van der Waals surface area contributed by atoms with Crippen LogP contribution in [-0.2, 0) is 24.2 Å². The van der Waals surface area contributed by atoms with Gasteiger partial charge in [-0.15, -0.1) is 11.3 Å². The molecule has 1 aliphatic carbocycles. The van der Waals surface area contributed by atoms with Crippen molar-refractivity contribution in [2.75, 3.05) is 0 Å². The van der Waals surface area contributed by atoms with Gasteiger partial charge in [-0.2, -0.15) is 5.10 Å². The molecule has 0 spiro atoms. The Kier molecular flexibility index (Phi) is 4.05. The van der Waals surface area contributed by atoms with Crippen LogP contribution in [0.15, 0.2) is 46.6 Å². The number of amides is 1. The zero-order valence-electron chi connectivity index (χ0n) is 15.5. The summed E-state index contributed by atoms with van der Waals surface area (Å²) in [5.41, 5.74) is 2.80. The molecule has 28 heavy (non-hydrogen) atoms. The number of aryl methyl sites for hydroxylation is 2. The van der Waals surface area contributed by atoms with Gasteiger partial charge in [0.25, 0.3) is 5.56 Å². The van der Waals surface area contributed by atoms with Gasteiger partial charge >= 0.3 is 0 Å². The second-order valence-electron chi connectivity index (χ2n) is 7.14. The predicted octanol–water partition coefficient (Wildman–Crippen LogP) is 3.08. The predicted molar refractivity (Wildman–Crippen MR) is 110 cm³/mol. The SMILES string of the molecule is CCc1nn(CC(=O)NC2CCc3ccccc32)c(=O)c2cc3ccsc3n12. The molecule has 1 aromatic carbocycles. The standard InChI is InChI=1S/C21H20N4O2S/c1-2-18-23-24(20(27)17-11-14-9-10-28-21(14)25(17)18)12-19(26)22-16-8-7-13-5-3-4-6-15(13)16/h3-6,9-11,16H,2,7-8,12H2,1H3,(H,22,26). The number of nitrogens with one attached hydrogen (secondary N) is 1. The Hall–Kier alpha value is -2.93. The first kappa shape index (κ1) is 17.2. The van der Waals surface area contributed by atoms with E-state index in [4.69, 9.17) is 0 Å². The maximum atomic E-state index is 12.9. The molecule has 3 aromatic heterocycles. The number of benzene rings is 1. The Morgan fingerprint density at radius 2 is 2.18 bits per heavy atom. The quantitative estimate of drug-likeness (QED) is 0.580. The highest BCUT2D eigenvalue weighted by molar-refractivity contribution is 7.16. The molecule has 0 aliphatic heterocycles. The van der Waals surface area contributed by atoms with E-state index in [9.17, 15) is 9.59 Å². The van der Waals surface area contributed by atoms with Crippen molar-refractivity contribution in [3.8, 4) is 0 Å². The third-order valence-corrected chi connectivity index (χ3v) is 6.35. The summed E-state index contributed by atoms with van der Waals surface area (Å²) in [5, 5.41) is 10.6. The van der Waals surface area contributed by atoms with E-state index in [2.05, 4.69) is 22.5 Å². The fraction of sp³-hybridized carbons (Fsp3) is 0.286. The Bertz CT molecular complexity index is 1270. The lowest BCUT2D eigenvalue weighted by Crippen LogP contribution is -2.36. The molecule has 5 rings (SSSR count). The number of carbonyl (C=O) groups is 1. The summed E-state index contributed by atoms with van der Waals surface area (Å²) in [6, 6.07) is 12.1. The minimum atomic E-state index is -0.234. The van der Waals surface area contributed by atoms with E-state index >= 15 is 0 Å². The lowest BCUT2D eigenvalue weighted by Gasteiger charge is -2.15. The number of nitrogens with zero attached hydrogens (tertiary/aromatic N) is 3. The molecular formula is C21H20N4O2S. The van der Waals surface area contributed by atoms with Gasteiger partial charge in [-0.25, -0.2) is 4.68 Å². The van der Waals surface area contributed by atoms with Crippen molar-refractivity contribution in [1.29, 1.82) is 0 Å². The van der Waals surface area contributed by atoms with Gasteiger partial charge in [0, 0.05) is 11.8 Å². The van der Waals surface area contributed by atoms with Crippen LogP contribution in [-0.4, -0.2) is 20.1 Å². The molecule has 0 radical (unpaired) electrons. The van der Waals surface area contributed by atoms with Gasteiger partial charge in [0.05, 0.1) is 6.04 Å². The molecule has 142 valence electrons. The largest absolute Gasteiger partial charge is 0.348 e. The molecule has 0 saturated heterocycles. The minimum absolute atomic E-state index is 0.00687. The van der Waals surface area contributed by atoms with Crippen molar-refractivity contribution in [3.05, 3.63) is 69.1 Å². The van der Waals surface area contributed by atoms with Crippen molar-refractivity contribution in [1.82, 2.24) is 19.5 Å². The molecule has 1 N–H and O–H groups in total. The molecule has 7 heteroatoms. The molecule has 1 unspecified atom stereocenters. The van der Waals surface area contributed by atoms with Crippen molar-refractivity contribution in [2.45, 2.75) is 38.8 Å². The summed E-state index contributed by atoms with van der Waals surface area (Å²) < 4.78 is 3.22. The van der Waals surface area contributed by atoms with Crippen LogP contribution < -0.4 is 10.9 Å². The van der Waals surface area contributed by atoms with E-state index in [0.29, 0.717) is 11.9 Å². The number of rotatable bonds is 4. The summed E-state index contributed by atoms with van der Waals surface area (Å²) in [4.78, 5) is 26.6. The highest BCUT2D eigenvalue weighted by atomic mass is 32.1. The van der Waals surface area contributed by atoms with E-state index in [0.717, 1.165) is 28.9 Å². The second-order valence-corrected chi connectivity index (χ2v) is 8.03. The lowest BCUT2D eigenvalue weighted by molar-refractivity contribution is -0.122. The Balaban J connectivity index is 1.46. The van der Waals surface area contributed by atoms with Crippen LogP contribution >= 0.6 is 11.3 Å². The third kappa shape index (κ3) is 2.65. The summed E-state index contributed by atoms with van der Waals surface area (Å²) in [5.74, 6) is 0.599. The monoisotopic (exact) mass is 392 g/mol. The summed E-state index contributed by atoms with van der Waals surface area (Å²) >= 11 is 1.59. The van der Waals surface area contributed by atoms with Gasteiger partial charge in [0.1, 0.15) is 22.7 Å². The van der Waals surface area contributed by atoms with E-state index in [-0.39, 0.29) is 24.1 Å². The molecule has 1 amide bonds. The molecule has 0 saturated carbocycles. The summed E-state index contributed by atoms with van der Waals surface area (Å²) in [6.07, 6.45) is 2.53. The van der Waals surface area contributed by atoms with Gasteiger partial charge in [-0.05, 0) is 41.5 Å². The van der Waals surface area contributed by atoms with E-state index in [1.54, 1.807) is 11.3 Å². The van der Waals surface area contributed by atoms with E-state index < -0.39 is 0 Å². The Morgan fingerprint density at radius 3 is 3.04 bits per heavy atom. The highest BCUT2D eigenvalue weighted by Gasteiger charge is 2.24. The van der Waals surface area contributed by atoms with Crippen molar-refractivity contribution in [3.63, 3.8) is 0 Å². The molecule has 1 atom stereocenters. The van der Waals surface area contributed by atoms with Gasteiger partial charge in [0.2, 0.25) is 5.91 Å². The number of hydrogen-bond donors (Lipinski definition) is 1. The van der Waals surface area contributed by atoms with Crippen LogP contribution in [0, 0.1) is 0 Å². The molecule has 0 fully saturated rings. The molecular weight excluding hydrogens is 372 g/mol. The second kappa shape index (κ2) is 6.60. The summed E-state index contributed by atoms with van der Waals surface area (Å²) in [7, 11) is 0. The lowest BCUT2D eigenvalue weighted by atomic mass is 10.1. The fourth-order valence-corrected chi connectivity index (χ4v) is 5.03. The zero-order chi connectivity index (χ0) is 19.3. The van der Waals surface area contributed by atoms with Crippen LogP contribution in [0.4, 0.5) is 0 Å². The van der Waals surface area contributed by atoms with E-state index in [1.807, 2.05) is 41.0 Å². The fourth-order valence-electron chi connectivity index (χ4n) is 4.12. The average molecular weight is 392 g/mol. The molecule has 4 aromatic rings. The minimum Gasteiger partial charge on any atom is -0.348 e. The summed E-state index contributed by atoms with van der Waals surface area (Å²) in [6.45, 7) is 1.94. The Morgan fingerprint density at radius 1 is 1.32 bits per heavy atom. The van der Waals surface area contributed by atoms with E-state index in [1.165, 1.54) is 15.8 Å². The maximum Gasteiger partial charge on any atom is 0.291 e. The van der Waals surface area contributed by atoms with Crippen LogP contribution in [0.1, 0.15) is 36.3 Å². The van der Waals surface area contributed by atoms with Gasteiger partial charge in [-0.3, -0.25) is 14.0 Å². The first-order chi connectivity index (χ1) is 13.7. The number of aromatic nitrogens is 3. The zero-order valence-corrected chi connectivity index (χ0v) is 16.3. The van der Waals surface area contributed by atoms with Crippen molar-refractivity contribution < 1.29 is 4.79 Å². The molecule has 1 aliphatic rings. The smallest absolute Gasteiger partial charge is 0.291 e. The normalized spacial score (nSPS) is 16.0. The first-order valence-electron chi connectivity index (χ1n) is 9.51. The van der Waals surface area contributed by atoms with Crippen LogP contribution in [0.2, 0.25) is 0 Å². The average Bonchev–Trinajstić information content (AvgIpc) is 3.39. The number of fused-ring (bicyclic) bond motifs is 4. The van der Waals surface area contributed by atoms with Crippen molar-refractivity contribution in [2.24, 2.45) is 0 Å². The van der Waals surface area contributed by atoms with Gasteiger partial charge < -0.3 is 5.32 Å². The maximum absolute atomic E-state index is 12.9. The first-order valence-corrected chi connectivity index (χ1v) is 10.4. The van der Waals surface area contributed by atoms with Crippen LogP contribution in [0.25, 0.3) is 15.7 Å². The number of carbonyl (C=O) groups excluding carboxylic acids is 1. The number of thiophene rings is 1. The van der Waals surface area contributed by atoms with Crippen LogP contribution in [0.3, 0.4) is 0 Å². The van der Waals surface area contributed by atoms with Crippen molar-refractivity contribution >= 4 is 33.0 Å². The Labute approximate surface area is 165 Å². The molecule has 6 nitrogen and oxygen atoms in total. The third-order valence-electron chi connectivity index (χ3n) is 5.44. The number of hydrogen-bond acceptors (Lipinski definition) is 4. The van der Waals surface area contributed by atoms with Crippen LogP contribution in [0.5, 0.6) is 0 Å². The molecule has 3 heterocycles.